The molecule has 1 aromatic carbocycles. The highest BCUT2D eigenvalue weighted by Gasteiger charge is 2.31. The van der Waals surface area contributed by atoms with Crippen LogP contribution in [0.3, 0.4) is 0 Å². The number of fused-ring (bicyclic) bond motifs is 1. The zero-order valence-corrected chi connectivity index (χ0v) is 16.1. The minimum Gasteiger partial charge on any atom is -0.376 e. The number of aryl methyl sites for hydroxylation is 1. The first-order valence-corrected chi connectivity index (χ1v) is 9.62. The Balaban J connectivity index is 1.60. The molecule has 0 unspecified atom stereocenters. The molecule has 29 heavy (non-hydrogen) atoms. The van der Waals surface area contributed by atoms with Crippen molar-refractivity contribution in [2.45, 2.75) is 32.5 Å². The van der Waals surface area contributed by atoms with Crippen LogP contribution in [0, 0.1) is 6.92 Å². The van der Waals surface area contributed by atoms with E-state index in [-0.39, 0.29) is 12.0 Å². The van der Waals surface area contributed by atoms with Gasteiger partial charge in [0.05, 0.1) is 30.8 Å². The van der Waals surface area contributed by atoms with Crippen LogP contribution in [0.5, 0.6) is 0 Å². The van der Waals surface area contributed by atoms with Gasteiger partial charge in [0.1, 0.15) is 5.00 Å². The third kappa shape index (κ3) is 4.18. The number of nitrogens with one attached hydrogen (secondary N) is 1. The van der Waals surface area contributed by atoms with Gasteiger partial charge >= 0.3 is 6.18 Å². The van der Waals surface area contributed by atoms with Gasteiger partial charge in [-0.15, -0.1) is 11.3 Å². The molecule has 4 rings (SSSR count). The van der Waals surface area contributed by atoms with Gasteiger partial charge in [-0.25, -0.2) is 0 Å². The summed E-state index contributed by atoms with van der Waals surface area (Å²) in [5.74, 6) is 0.339. The number of ether oxygens (including phenoxy) is 1. The number of hydrogen-bond donors (Lipinski definition) is 1. The molecule has 10 heteroatoms. The molecule has 152 valence electrons. The molecule has 0 bridgehead atoms. The largest absolute Gasteiger partial charge is 0.416 e. The molecule has 1 aliphatic rings. The highest BCUT2D eigenvalue weighted by Crippen LogP contribution is 2.42. The minimum atomic E-state index is -4.46. The summed E-state index contributed by atoms with van der Waals surface area (Å²) in [5.41, 5.74) is 1.14. The second-order valence-corrected chi connectivity index (χ2v) is 7.69. The molecule has 0 spiro atoms. The SMILES string of the molecule is Cc1noc(-c2c(NC(=O)Cc3cccc(C(F)(F)F)c3)sc3c2CCOC3)n1. The van der Waals surface area contributed by atoms with E-state index in [2.05, 4.69) is 15.5 Å². The van der Waals surface area contributed by atoms with E-state index in [4.69, 9.17) is 9.26 Å². The number of alkyl halides is 3. The van der Waals surface area contributed by atoms with Crippen molar-refractivity contribution < 1.29 is 27.2 Å². The summed E-state index contributed by atoms with van der Waals surface area (Å²) in [6, 6.07) is 4.74. The van der Waals surface area contributed by atoms with Crippen molar-refractivity contribution in [2.75, 3.05) is 11.9 Å². The number of benzene rings is 1. The zero-order valence-electron chi connectivity index (χ0n) is 15.3. The van der Waals surface area contributed by atoms with Crippen molar-refractivity contribution >= 4 is 22.2 Å². The second kappa shape index (κ2) is 7.60. The van der Waals surface area contributed by atoms with E-state index in [0.29, 0.717) is 41.9 Å². The number of carbonyl (C=O) groups excluding carboxylic acids is 1. The fourth-order valence-electron chi connectivity index (χ4n) is 3.16. The third-order valence-electron chi connectivity index (χ3n) is 4.43. The Bertz CT molecular complexity index is 1060. The van der Waals surface area contributed by atoms with Crippen LogP contribution in [-0.2, 0) is 35.2 Å². The van der Waals surface area contributed by atoms with Crippen LogP contribution in [0.25, 0.3) is 11.5 Å². The van der Waals surface area contributed by atoms with Crippen LogP contribution in [0.1, 0.15) is 27.4 Å². The monoisotopic (exact) mass is 423 g/mol. The van der Waals surface area contributed by atoms with Crippen LogP contribution in [-0.4, -0.2) is 22.7 Å². The van der Waals surface area contributed by atoms with Crippen molar-refractivity contribution in [2.24, 2.45) is 0 Å². The van der Waals surface area contributed by atoms with Gasteiger partial charge in [-0.05, 0) is 30.5 Å². The average molecular weight is 423 g/mol. The molecule has 0 saturated heterocycles. The molecule has 0 radical (unpaired) electrons. The number of nitrogens with zero attached hydrogens (tertiary/aromatic N) is 2. The Morgan fingerprint density at radius 1 is 1.34 bits per heavy atom. The number of anilines is 1. The van der Waals surface area contributed by atoms with E-state index in [1.165, 1.54) is 23.5 Å². The predicted molar refractivity (Wildman–Crippen MR) is 99.5 cm³/mol. The lowest BCUT2D eigenvalue weighted by atomic mass is 10.1. The summed E-state index contributed by atoms with van der Waals surface area (Å²) in [4.78, 5) is 17.8. The van der Waals surface area contributed by atoms with Crippen molar-refractivity contribution in [1.82, 2.24) is 10.1 Å². The number of hydrogen-bond acceptors (Lipinski definition) is 6. The van der Waals surface area contributed by atoms with Gasteiger partial charge in [-0.2, -0.15) is 18.2 Å². The van der Waals surface area contributed by atoms with E-state index >= 15 is 0 Å². The fraction of sp³-hybridized carbons (Fsp3) is 0.316. The van der Waals surface area contributed by atoms with Gasteiger partial charge in [0, 0.05) is 4.88 Å². The molecule has 0 saturated carbocycles. The van der Waals surface area contributed by atoms with Crippen LogP contribution in [0.4, 0.5) is 18.2 Å². The van der Waals surface area contributed by atoms with Crippen molar-refractivity contribution in [3.8, 4) is 11.5 Å². The molecule has 1 aliphatic heterocycles. The number of halogens is 3. The maximum absolute atomic E-state index is 12.9. The first-order chi connectivity index (χ1) is 13.8. The standard InChI is InChI=1S/C19H16F3N3O3S/c1-10-23-17(28-25-10)16-13-5-6-27-9-14(13)29-18(16)24-15(26)8-11-3-2-4-12(7-11)19(20,21)22/h2-4,7H,5-6,8-9H2,1H3,(H,24,26). The van der Waals surface area contributed by atoms with E-state index in [0.717, 1.165) is 22.6 Å². The maximum Gasteiger partial charge on any atom is 0.416 e. The first-order valence-electron chi connectivity index (χ1n) is 8.80. The summed E-state index contributed by atoms with van der Waals surface area (Å²) in [6.07, 6.45) is -4.00. The summed E-state index contributed by atoms with van der Waals surface area (Å²) in [6.45, 7) is 2.66. The normalized spacial score (nSPS) is 13.9. The van der Waals surface area contributed by atoms with Gasteiger partial charge in [0.15, 0.2) is 5.82 Å². The van der Waals surface area contributed by atoms with Gasteiger partial charge in [-0.1, -0.05) is 23.4 Å². The molecule has 6 nitrogen and oxygen atoms in total. The quantitative estimate of drug-likeness (QED) is 0.674. The van der Waals surface area contributed by atoms with E-state index < -0.39 is 17.6 Å². The second-order valence-electron chi connectivity index (χ2n) is 6.58. The number of rotatable bonds is 4. The van der Waals surface area contributed by atoms with Crippen LogP contribution >= 0.6 is 11.3 Å². The smallest absolute Gasteiger partial charge is 0.376 e. The highest BCUT2D eigenvalue weighted by atomic mass is 32.1. The molecule has 3 aromatic rings. The van der Waals surface area contributed by atoms with Crippen LogP contribution in [0.15, 0.2) is 28.8 Å². The molecule has 2 aromatic heterocycles. The van der Waals surface area contributed by atoms with Crippen LogP contribution < -0.4 is 5.32 Å². The fourth-order valence-corrected chi connectivity index (χ4v) is 4.35. The van der Waals surface area contributed by atoms with E-state index in [9.17, 15) is 18.0 Å². The summed E-state index contributed by atoms with van der Waals surface area (Å²) in [7, 11) is 0. The lowest BCUT2D eigenvalue weighted by Crippen LogP contribution is -2.15. The van der Waals surface area contributed by atoms with Gasteiger partial charge in [0.25, 0.3) is 5.89 Å². The molecular formula is C19H16F3N3O3S. The number of amides is 1. The van der Waals surface area contributed by atoms with Crippen molar-refractivity contribution in [1.29, 1.82) is 0 Å². The van der Waals surface area contributed by atoms with Crippen molar-refractivity contribution in [3.05, 3.63) is 51.7 Å². The molecule has 0 fully saturated rings. The first kappa shape index (κ1) is 19.6. The molecular weight excluding hydrogens is 407 g/mol. The van der Waals surface area contributed by atoms with E-state index in [1.54, 1.807) is 6.92 Å². The van der Waals surface area contributed by atoms with Crippen LogP contribution in [0.2, 0.25) is 0 Å². The Hall–Kier alpha value is -2.72. The van der Waals surface area contributed by atoms with Gasteiger partial charge in [-0.3, -0.25) is 4.79 Å². The van der Waals surface area contributed by atoms with E-state index in [1.807, 2.05) is 0 Å². The molecule has 0 atom stereocenters. The Kier molecular flexibility index (Phi) is 5.13. The Morgan fingerprint density at radius 3 is 2.90 bits per heavy atom. The molecule has 0 aliphatic carbocycles. The number of carbonyl (C=O) groups is 1. The van der Waals surface area contributed by atoms with Crippen molar-refractivity contribution in [3.63, 3.8) is 0 Å². The molecule has 1 N–H and O–H groups in total. The number of aromatic nitrogens is 2. The zero-order chi connectivity index (χ0) is 20.6. The summed E-state index contributed by atoms with van der Waals surface area (Å²) in [5, 5.41) is 7.14. The third-order valence-corrected chi connectivity index (χ3v) is 5.55. The summed E-state index contributed by atoms with van der Waals surface area (Å²) < 4.78 is 49.4. The summed E-state index contributed by atoms with van der Waals surface area (Å²) >= 11 is 1.35. The minimum absolute atomic E-state index is 0.189. The molecule has 1 amide bonds. The lowest BCUT2D eigenvalue weighted by molar-refractivity contribution is -0.137. The highest BCUT2D eigenvalue weighted by molar-refractivity contribution is 7.17. The van der Waals surface area contributed by atoms with Gasteiger partial charge < -0.3 is 14.6 Å². The topological polar surface area (TPSA) is 77.2 Å². The Morgan fingerprint density at radius 2 is 2.17 bits per heavy atom. The maximum atomic E-state index is 12.9. The average Bonchev–Trinajstić information content (AvgIpc) is 3.23. The Labute approximate surface area is 167 Å². The molecule has 3 heterocycles. The predicted octanol–water partition coefficient (Wildman–Crippen LogP) is 4.38. The lowest BCUT2D eigenvalue weighted by Gasteiger charge is -2.12. The van der Waals surface area contributed by atoms with Gasteiger partial charge in [0.2, 0.25) is 5.91 Å². The number of thiophene rings is 1.